The molecule has 2 atom stereocenters. The van der Waals surface area contributed by atoms with Crippen LogP contribution in [-0.4, -0.2) is 34.9 Å². The van der Waals surface area contributed by atoms with E-state index in [1.165, 1.54) is 148 Å². The summed E-state index contributed by atoms with van der Waals surface area (Å²) >= 11 is 0. The van der Waals surface area contributed by atoms with Crippen molar-refractivity contribution in [3.05, 3.63) is 60.8 Å². The van der Waals surface area contributed by atoms with Gasteiger partial charge in [0, 0.05) is 6.42 Å². The molecule has 0 saturated heterocycles. The summed E-state index contributed by atoms with van der Waals surface area (Å²) < 4.78 is 0. The van der Waals surface area contributed by atoms with Gasteiger partial charge in [-0.05, 0) is 70.6 Å². The summed E-state index contributed by atoms with van der Waals surface area (Å²) in [4.78, 5) is 12.4. The minimum atomic E-state index is -0.871. The van der Waals surface area contributed by atoms with Crippen molar-refractivity contribution >= 4 is 5.91 Å². The molecule has 0 heterocycles. The summed E-state index contributed by atoms with van der Waals surface area (Å²) in [5, 5.41) is 23.0. The molecule has 0 spiro atoms. The van der Waals surface area contributed by atoms with E-state index >= 15 is 0 Å². The Labute approximate surface area is 324 Å². The lowest BCUT2D eigenvalue weighted by atomic mass is 10.0. The zero-order chi connectivity index (χ0) is 37.8. The van der Waals surface area contributed by atoms with E-state index in [9.17, 15) is 15.0 Å². The Morgan fingerprint density at radius 1 is 0.481 bits per heavy atom. The number of hydrogen-bond acceptors (Lipinski definition) is 3. The van der Waals surface area contributed by atoms with E-state index in [0.29, 0.717) is 6.42 Å². The van der Waals surface area contributed by atoms with Crippen LogP contribution in [0.25, 0.3) is 0 Å². The van der Waals surface area contributed by atoms with Crippen molar-refractivity contribution in [2.45, 2.75) is 231 Å². The second kappa shape index (κ2) is 43.5. The van der Waals surface area contributed by atoms with E-state index in [1.54, 1.807) is 6.08 Å². The molecule has 2 unspecified atom stereocenters. The van der Waals surface area contributed by atoms with E-state index < -0.39 is 12.1 Å². The van der Waals surface area contributed by atoms with Gasteiger partial charge >= 0.3 is 0 Å². The van der Waals surface area contributed by atoms with Crippen molar-refractivity contribution in [3.8, 4) is 0 Å². The van der Waals surface area contributed by atoms with E-state index in [-0.39, 0.29) is 12.5 Å². The Morgan fingerprint density at radius 2 is 0.865 bits per heavy atom. The average molecular weight is 726 g/mol. The first-order valence-corrected chi connectivity index (χ1v) is 22.5. The van der Waals surface area contributed by atoms with Gasteiger partial charge in [0.25, 0.3) is 0 Å². The van der Waals surface area contributed by atoms with E-state index in [4.69, 9.17) is 0 Å². The minimum absolute atomic E-state index is 0.0797. The van der Waals surface area contributed by atoms with Gasteiger partial charge in [-0.1, -0.05) is 203 Å². The van der Waals surface area contributed by atoms with Crippen molar-refractivity contribution in [1.29, 1.82) is 0 Å². The van der Waals surface area contributed by atoms with Gasteiger partial charge in [0.05, 0.1) is 18.8 Å². The molecule has 0 radical (unpaired) electrons. The Morgan fingerprint density at radius 3 is 1.33 bits per heavy atom. The van der Waals surface area contributed by atoms with Gasteiger partial charge in [0.15, 0.2) is 0 Å². The third-order valence-corrected chi connectivity index (χ3v) is 9.96. The molecular weight excluding hydrogens is 639 g/mol. The van der Waals surface area contributed by atoms with E-state index in [2.05, 4.69) is 67.8 Å². The van der Waals surface area contributed by atoms with Gasteiger partial charge in [-0.15, -0.1) is 0 Å². The Hall–Kier alpha value is -1.91. The van der Waals surface area contributed by atoms with Crippen LogP contribution < -0.4 is 5.32 Å². The molecule has 0 aliphatic carbocycles. The summed E-state index contributed by atoms with van der Waals surface area (Å²) in [6.07, 6.45) is 60.5. The summed E-state index contributed by atoms with van der Waals surface area (Å²) in [5.41, 5.74) is 0. The first-order valence-electron chi connectivity index (χ1n) is 22.5. The summed E-state index contributed by atoms with van der Waals surface area (Å²) in [7, 11) is 0. The largest absolute Gasteiger partial charge is 0.394 e. The standard InChI is InChI=1S/C48H87NO3/c1-3-5-7-9-11-13-15-17-19-21-23-24-26-28-30-32-34-36-38-40-42-44-48(52)49-46(45-50)47(51)43-41-39-37-35-33-31-29-27-25-22-20-18-16-14-12-10-8-6-4-2/h5,7,11,13,25,27,33,35,41,43,46-47,50-51H,3-4,6,8-10,12,14-24,26,28-32,34,36-40,42,44-45H2,1-2H3,(H,49,52)/b7-5-,13-11-,27-25+,35-33+,43-41+. The van der Waals surface area contributed by atoms with Gasteiger partial charge in [-0.3, -0.25) is 4.79 Å². The van der Waals surface area contributed by atoms with Crippen LogP contribution in [0.2, 0.25) is 0 Å². The molecule has 1 amide bonds. The van der Waals surface area contributed by atoms with Crippen molar-refractivity contribution < 1.29 is 15.0 Å². The molecular formula is C48H87NO3. The third kappa shape index (κ3) is 39.3. The molecule has 0 fully saturated rings. The minimum Gasteiger partial charge on any atom is -0.394 e. The van der Waals surface area contributed by atoms with Crippen LogP contribution in [0.4, 0.5) is 0 Å². The zero-order valence-corrected chi connectivity index (χ0v) is 34.6. The molecule has 3 N–H and O–H groups in total. The number of nitrogens with one attached hydrogen (secondary N) is 1. The van der Waals surface area contributed by atoms with E-state index in [1.807, 2.05) is 6.08 Å². The second-order valence-corrected chi connectivity index (χ2v) is 15.1. The van der Waals surface area contributed by atoms with Gasteiger partial charge < -0.3 is 15.5 Å². The molecule has 302 valence electrons. The van der Waals surface area contributed by atoms with Crippen molar-refractivity contribution in [3.63, 3.8) is 0 Å². The first kappa shape index (κ1) is 50.1. The molecule has 0 bridgehead atoms. The molecule has 0 rings (SSSR count). The fourth-order valence-corrected chi connectivity index (χ4v) is 6.54. The highest BCUT2D eigenvalue weighted by atomic mass is 16.3. The Bertz CT molecular complexity index is 873. The van der Waals surface area contributed by atoms with Crippen LogP contribution in [0.1, 0.15) is 219 Å². The van der Waals surface area contributed by atoms with Crippen LogP contribution in [0, 0.1) is 0 Å². The highest BCUT2D eigenvalue weighted by Crippen LogP contribution is 2.15. The fraction of sp³-hybridized carbons (Fsp3) is 0.771. The maximum Gasteiger partial charge on any atom is 0.220 e. The molecule has 0 saturated carbocycles. The maximum absolute atomic E-state index is 12.4. The van der Waals surface area contributed by atoms with Crippen LogP contribution >= 0.6 is 0 Å². The monoisotopic (exact) mass is 726 g/mol. The number of carbonyl (C=O) groups is 1. The van der Waals surface area contributed by atoms with Crippen molar-refractivity contribution in [2.24, 2.45) is 0 Å². The molecule has 0 aliphatic rings. The number of carbonyl (C=O) groups excluding carboxylic acids is 1. The van der Waals surface area contributed by atoms with Crippen molar-refractivity contribution in [1.82, 2.24) is 5.32 Å². The normalized spacial score (nSPS) is 13.5. The Balaban J connectivity index is 3.62. The third-order valence-electron chi connectivity index (χ3n) is 9.96. The summed E-state index contributed by atoms with van der Waals surface area (Å²) in [6.45, 7) is 4.19. The number of amides is 1. The van der Waals surface area contributed by atoms with Gasteiger partial charge in [0.1, 0.15) is 0 Å². The predicted octanol–water partition coefficient (Wildman–Crippen LogP) is 14.1. The lowest BCUT2D eigenvalue weighted by Gasteiger charge is -2.19. The first-order chi connectivity index (χ1) is 25.7. The average Bonchev–Trinajstić information content (AvgIpc) is 3.15. The number of rotatable bonds is 40. The molecule has 0 aromatic heterocycles. The smallest absolute Gasteiger partial charge is 0.220 e. The number of hydrogen-bond donors (Lipinski definition) is 3. The molecule has 52 heavy (non-hydrogen) atoms. The lowest BCUT2D eigenvalue weighted by Crippen LogP contribution is -2.45. The number of aliphatic hydroxyl groups is 2. The lowest BCUT2D eigenvalue weighted by molar-refractivity contribution is -0.123. The SMILES string of the molecule is CC/C=C\C/C=C\CCCCCCCCCCCCCCCCC(=O)NC(CO)C(O)/C=C/CC/C=C/CC/C=C/CCCCCCCCCCC. The Kier molecular flexibility index (Phi) is 41.9. The molecule has 4 heteroatoms. The fourth-order valence-electron chi connectivity index (χ4n) is 6.54. The van der Waals surface area contributed by atoms with Gasteiger partial charge in [0.2, 0.25) is 5.91 Å². The zero-order valence-electron chi connectivity index (χ0n) is 34.6. The molecule has 0 aliphatic heterocycles. The number of aliphatic hydroxyl groups excluding tert-OH is 2. The summed E-state index contributed by atoms with van der Waals surface area (Å²) in [5.74, 6) is -0.0797. The van der Waals surface area contributed by atoms with Crippen LogP contribution in [0.5, 0.6) is 0 Å². The van der Waals surface area contributed by atoms with Gasteiger partial charge in [-0.25, -0.2) is 0 Å². The second-order valence-electron chi connectivity index (χ2n) is 15.1. The molecule has 0 aromatic carbocycles. The number of allylic oxidation sites excluding steroid dienone is 9. The predicted molar refractivity (Wildman–Crippen MR) is 230 cm³/mol. The number of unbranched alkanes of at least 4 members (excludes halogenated alkanes) is 25. The summed E-state index contributed by atoms with van der Waals surface area (Å²) in [6, 6.07) is -0.646. The van der Waals surface area contributed by atoms with E-state index in [0.717, 1.165) is 51.4 Å². The van der Waals surface area contributed by atoms with Crippen LogP contribution in [0.15, 0.2) is 60.8 Å². The molecule has 4 nitrogen and oxygen atoms in total. The maximum atomic E-state index is 12.4. The van der Waals surface area contributed by atoms with Crippen LogP contribution in [0.3, 0.4) is 0 Å². The highest BCUT2D eigenvalue weighted by molar-refractivity contribution is 5.76. The highest BCUT2D eigenvalue weighted by Gasteiger charge is 2.17. The topological polar surface area (TPSA) is 69.6 Å². The van der Waals surface area contributed by atoms with Crippen molar-refractivity contribution in [2.75, 3.05) is 6.61 Å². The van der Waals surface area contributed by atoms with Crippen LogP contribution in [-0.2, 0) is 4.79 Å². The quantitative estimate of drug-likeness (QED) is 0.0435. The molecule has 0 aromatic rings. The van der Waals surface area contributed by atoms with Gasteiger partial charge in [-0.2, -0.15) is 0 Å².